The number of aliphatic hydroxyl groups excluding tert-OH is 2. The third-order valence-corrected chi connectivity index (χ3v) is 6.14. The summed E-state index contributed by atoms with van der Waals surface area (Å²) < 4.78 is 30.8. The number of rotatable bonds is 8. The van der Waals surface area contributed by atoms with Crippen LogP contribution in [-0.4, -0.2) is 80.1 Å². The van der Waals surface area contributed by atoms with Crippen LogP contribution in [0.25, 0.3) is 0 Å². The quantitative estimate of drug-likeness (QED) is 0.666. The first-order chi connectivity index (χ1) is 11.3. The van der Waals surface area contributed by atoms with E-state index in [-0.39, 0.29) is 24.9 Å². The number of benzene rings is 1. The van der Waals surface area contributed by atoms with Crippen LogP contribution in [0.3, 0.4) is 0 Å². The minimum absolute atomic E-state index is 0.0543. The molecular formula is C16H26N2O5S. The van der Waals surface area contributed by atoms with Gasteiger partial charge in [0.2, 0.25) is 10.0 Å². The summed E-state index contributed by atoms with van der Waals surface area (Å²) in [7, 11) is -0.330. The van der Waals surface area contributed by atoms with Crippen LogP contribution in [-0.2, 0) is 16.6 Å². The number of likely N-dealkylation sites (tertiary alicyclic amines) is 1. The second-order valence-corrected chi connectivity index (χ2v) is 8.49. The summed E-state index contributed by atoms with van der Waals surface area (Å²) in [5.74, 6) is 0.341. The van der Waals surface area contributed by atoms with Crippen LogP contribution < -0.4 is 4.74 Å². The van der Waals surface area contributed by atoms with Gasteiger partial charge in [-0.1, -0.05) is 18.2 Å². The molecule has 1 aromatic carbocycles. The molecule has 7 nitrogen and oxygen atoms in total. The van der Waals surface area contributed by atoms with E-state index in [1.165, 1.54) is 18.4 Å². The van der Waals surface area contributed by atoms with Crippen LogP contribution >= 0.6 is 0 Å². The van der Waals surface area contributed by atoms with E-state index in [0.717, 1.165) is 5.56 Å². The minimum atomic E-state index is -3.34. The molecule has 0 unspecified atom stereocenters. The van der Waals surface area contributed by atoms with E-state index in [1.54, 1.807) is 0 Å². The molecule has 2 atom stereocenters. The number of aliphatic hydroxyl groups is 2. The van der Waals surface area contributed by atoms with Gasteiger partial charge in [0.1, 0.15) is 12.4 Å². The molecule has 2 rings (SSSR count). The Bertz CT molecular complexity index is 635. The van der Waals surface area contributed by atoms with Crippen LogP contribution in [0.2, 0.25) is 0 Å². The third-order valence-electron chi connectivity index (χ3n) is 4.18. The predicted molar refractivity (Wildman–Crippen MR) is 91.3 cm³/mol. The lowest BCUT2D eigenvalue weighted by Crippen LogP contribution is -2.33. The van der Waals surface area contributed by atoms with E-state index >= 15 is 0 Å². The number of nitrogens with zero attached hydrogens (tertiary/aromatic N) is 2. The topological polar surface area (TPSA) is 90.3 Å². The van der Waals surface area contributed by atoms with Crippen molar-refractivity contribution in [2.24, 2.45) is 5.92 Å². The monoisotopic (exact) mass is 358 g/mol. The second kappa shape index (κ2) is 8.26. The van der Waals surface area contributed by atoms with E-state index in [1.807, 2.05) is 29.2 Å². The zero-order valence-corrected chi connectivity index (χ0v) is 14.9. The summed E-state index contributed by atoms with van der Waals surface area (Å²) in [6.45, 7) is 1.69. The average Bonchev–Trinajstić information content (AvgIpc) is 2.85. The van der Waals surface area contributed by atoms with Gasteiger partial charge in [-0.2, -0.15) is 0 Å². The van der Waals surface area contributed by atoms with Gasteiger partial charge < -0.3 is 14.9 Å². The first-order valence-electron chi connectivity index (χ1n) is 7.95. The lowest BCUT2D eigenvalue weighted by Gasteiger charge is -2.19. The Hall–Kier alpha value is -1.19. The van der Waals surface area contributed by atoms with Crippen molar-refractivity contribution in [2.75, 3.05) is 46.2 Å². The van der Waals surface area contributed by atoms with E-state index < -0.39 is 16.1 Å². The van der Waals surface area contributed by atoms with Crippen molar-refractivity contribution in [3.05, 3.63) is 29.8 Å². The average molecular weight is 358 g/mol. The Balaban J connectivity index is 2.01. The fourth-order valence-corrected chi connectivity index (χ4v) is 3.99. The van der Waals surface area contributed by atoms with Crippen molar-refractivity contribution in [3.8, 4) is 5.75 Å². The highest BCUT2D eigenvalue weighted by molar-refractivity contribution is 7.89. The molecule has 0 bridgehead atoms. The summed E-state index contributed by atoms with van der Waals surface area (Å²) in [5, 5.41) is 19.1. The van der Waals surface area contributed by atoms with Crippen LogP contribution in [0.5, 0.6) is 5.75 Å². The molecule has 2 N–H and O–H groups in total. The summed E-state index contributed by atoms with van der Waals surface area (Å²) >= 11 is 0. The smallest absolute Gasteiger partial charge is 0.214 e. The number of hydrogen-bond acceptors (Lipinski definition) is 6. The van der Waals surface area contributed by atoms with Crippen molar-refractivity contribution in [3.63, 3.8) is 0 Å². The lowest BCUT2D eigenvalue weighted by molar-refractivity contribution is 0.147. The van der Waals surface area contributed by atoms with Gasteiger partial charge in [0, 0.05) is 45.2 Å². The summed E-state index contributed by atoms with van der Waals surface area (Å²) in [6.07, 6.45) is -0.662. The fourth-order valence-electron chi connectivity index (χ4n) is 2.83. The molecule has 1 aliphatic rings. The van der Waals surface area contributed by atoms with E-state index in [9.17, 15) is 13.5 Å². The molecule has 0 aromatic heterocycles. The maximum atomic E-state index is 12.0. The molecule has 1 aromatic rings. The van der Waals surface area contributed by atoms with E-state index in [2.05, 4.69) is 0 Å². The maximum absolute atomic E-state index is 12.0. The molecule has 1 fully saturated rings. The molecule has 0 aliphatic carbocycles. The maximum Gasteiger partial charge on any atom is 0.214 e. The van der Waals surface area contributed by atoms with Crippen molar-refractivity contribution in [2.45, 2.75) is 12.6 Å². The molecule has 136 valence electrons. The highest BCUT2D eigenvalue weighted by atomic mass is 32.2. The standard InChI is InChI=1S/C16H26N2O5S/c1-17(2)24(21,22)12-14-10-18(11-15(14)20)9-13-5-3-4-6-16(13)23-8-7-19/h3-6,14-15,19-20H,7-12H2,1-2H3/t14-,15+/m0/s1. The number of ether oxygens (including phenoxy) is 1. The number of hydrogen-bond donors (Lipinski definition) is 2. The zero-order valence-electron chi connectivity index (χ0n) is 14.1. The van der Waals surface area contributed by atoms with Gasteiger partial charge in [-0.05, 0) is 6.07 Å². The molecule has 1 heterocycles. The van der Waals surface area contributed by atoms with Gasteiger partial charge in [0.15, 0.2) is 0 Å². The van der Waals surface area contributed by atoms with Gasteiger partial charge >= 0.3 is 0 Å². The van der Waals surface area contributed by atoms with E-state index in [4.69, 9.17) is 9.84 Å². The number of para-hydroxylation sites is 1. The molecule has 0 radical (unpaired) electrons. The minimum Gasteiger partial charge on any atom is -0.491 e. The Labute approximate surface area is 143 Å². The van der Waals surface area contributed by atoms with Crippen molar-refractivity contribution in [1.29, 1.82) is 0 Å². The van der Waals surface area contributed by atoms with Crippen molar-refractivity contribution >= 4 is 10.0 Å². The zero-order chi connectivity index (χ0) is 17.7. The number of sulfonamides is 1. The molecule has 0 amide bonds. The summed E-state index contributed by atoms with van der Waals surface area (Å²) in [6, 6.07) is 7.54. The second-order valence-electron chi connectivity index (χ2n) is 6.26. The largest absolute Gasteiger partial charge is 0.491 e. The van der Waals surface area contributed by atoms with Gasteiger partial charge in [0.05, 0.1) is 18.5 Å². The summed E-state index contributed by atoms with van der Waals surface area (Å²) in [5.41, 5.74) is 0.953. The Morgan fingerprint density at radius 1 is 1.29 bits per heavy atom. The Morgan fingerprint density at radius 3 is 2.67 bits per heavy atom. The van der Waals surface area contributed by atoms with Crippen LogP contribution in [0.4, 0.5) is 0 Å². The number of β-amino-alcohol motifs (C(OH)–C–C–N with tert-alkyl or cyclic N) is 1. The third kappa shape index (κ3) is 4.90. The van der Waals surface area contributed by atoms with E-state index in [0.29, 0.717) is 25.4 Å². The molecular weight excluding hydrogens is 332 g/mol. The van der Waals surface area contributed by atoms with Crippen molar-refractivity contribution in [1.82, 2.24) is 9.21 Å². The predicted octanol–water partition coefficient (Wildman–Crippen LogP) is -0.258. The molecule has 8 heteroatoms. The molecule has 1 aliphatic heterocycles. The van der Waals surface area contributed by atoms with Crippen LogP contribution in [0.15, 0.2) is 24.3 Å². The van der Waals surface area contributed by atoms with Gasteiger partial charge in [-0.3, -0.25) is 4.90 Å². The molecule has 0 spiro atoms. The first-order valence-corrected chi connectivity index (χ1v) is 9.56. The van der Waals surface area contributed by atoms with Gasteiger partial charge in [-0.25, -0.2) is 12.7 Å². The van der Waals surface area contributed by atoms with Crippen molar-refractivity contribution < 1.29 is 23.4 Å². The molecule has 24 heavy (non-hydrogen) atoms. The highest BCUT2D eigenvalue weighted by Crippen LogP contribution is 2.25. The highest BCUT2D eigenvalue weighted by Gasteiger charge is 2.35. The molecule has 1 saturated heterocycles. The lowest BCUT2D eigenvalue weighted by atomic mass is 10.1. The first kappa shape index (κ1) is 19.1. The van der Waals surface area contributed by atoms with Gasteiger partial charge in [-0.15, -0.1) is 0 Å². The van der Waals surface area contributed by atoms with Gasteiger partial charge in [0.25, 0.3) is 0 Å². The Kier molecular flexibility index (Phi) is 6.59. The summed E-state index contributed by atoms with van der Waals surface area (Å²) in [4.78, 5) is 2.03. The van der Waals surface area contributed by atoms with Crippen LogP contribution in [0, 0.1) is 5.92 Å². The fraction of sp³-hybridized carbons (Fsp3) is 0.625. The molecule has 0 saturated carbocycles. The SMILES string of the molecule is CN(C)S(=O)(=O)C[C@@H]1CN(Cc2ccccc2OCCO)C[C@H]1O. The normalized spacial score (nSPS) is 22.2. The Morgan fingerprint density at radius 2 is 2.00 bits per heavy atom. The van der Waals surface area contributed by atoms with Crippen LogP contribution in [0.1, 0.15) is 5.56 Å².